The molecule has 0 unspecified atom stereocenters. The Morgan fingerprint density at radius 3 is 2.83 bits per heavy atom. The zero-order valence-electron chi connectivity index (χ0n) is 16.5. The van der Waals surface area contributed by atoms with E-state index in [1.54, 1.807) is 23.0 Å². The van der Waals surface area contributed by atoms with Crippen LogP contribution in [0.3, 0.4) is 0 Å². The molecule has 10 heteroatoms. The minimum Gasteiger partial charge on any atom is -0.445 e. The molecular formula is C20H19ClFN5O3. The topological polar surface area (TPSA) is 117 Å². The molecule has 0 aliphatic heterocycles. The highest BCUT2D eigenvalue weighted by Gasteiger charge is 2.24. The number of benzene rings is 1. The van der Waals surface area contributed by atoms with Gasteiger partial charge in [0.15, 0.2) is 5.69 Å². The summed E-state index contributed by atoms with van der Waals surface area (Å²) < 4.78 is 20.7. The van der Waals surface area contributed by atoms with Gasteiger partial charge in [-0.1, -0.05) is 11.6 Å². The Bertz CT molecular complexity index is 1100. The first kappa shape index (κ1) is 21.5. The third-order valence-corrected chi connectivity index (χ3v) is 4.63. The Morgan fingerprint density at radius 1 is 1.50 bits per heavy atom. The summed E-state index contributed by atoms with van der Waals surface area (Å²) in [6.45, 7) is 5.09. The molecule has 0 aliphatic carbocycles. The molecule has 1 aromatic carbocycles. The van der Waals surface area contributed by atoms with E-state index in [0.29, 0.717) is 11.3 Å². The number of carbonyl (C=O) groups excluding carboxylic acids is 1. The van der Waals surface area contributed by atoms with Crippen LogP contribution in [0.15, 0.2) is 35.1 Å². The highest BCUT2D eigenvalue weighted by molar-refractivity contribution is 6.32. The summed E-state index contributed by atoms with van der Waals surface area (Å²) in [6.07, 6.45) is 2.88. The van der Waals surface area contributed by atoms with Crippen LogP contribution in [0.2, 0.25) is 5.02 Å². The Morgan fingerprint density at radius 2 is 2.23 bits per heavy atom. The Balaban J connectivity index is 1.67. The number of halogens is 2. The summed E-state index contributed by atoms with van der Waals surface area (Å²) in [4.78, 5) is 16.2. The highest BCUT2D eigenvalue weighted by Crippen LogP contribution is 2.27. The molecule has 0 spiro atoms. The van der Waals surface area contributed by atoms with Gasteiger partial charge in [0.1, 0.15) is 29.3 Å². The van der Waals surface area contributed by atoms with Gasteiger partial charge in [-0.2, -0.15) is 10.4 Å². The lowest BCUT2D eigenvalue weighted by atomic mass is 10.1. The summed E-state index contributed by atoms with van der Waals surface area (Å²) in [7, 11) is 0. The van der Waals surface area contributed by atoms with Crippen LogP contribution in [0.1, 0.15) is 48.8 Å². The highest BCUT2D eigenvalue weighted by atomic mass is 35.5. The lowest BCUT2D eigenvalue weighted by molar-refractivity contribution is 0.0483. The van der Waals surface area contributed by atoms with E-state index in [4.69, 9.17) is 21.3 Å². The van der Waals surface area contributed by atoms with Gasteiger partial charge < -0.3 is 14.8 Å². The van der Waals surface area contributed by atoms with E-state index in [-0.39, 0.29) is 34.8 Å². The van der Waals surface area contributed by atoms with Crippen molar-refractivity contribution in [3.63, 3.8) is 0 Å². The van der Waals surface area contributed by atoms with Crippen LogP contribution in [0.4, 0.5) is 4.39 Å². The van der Waals surface area contributed by atoms with Crippen molar-refractivity contribution in [2.45, 2.75) is 32.4 Å². The van der Waals surface area contributed by atoms with Crippen molar-refractivity contribution in [2.75, 3.05) is 6.54 Å². The number of nitriles is 1. The number of hydrogen-bond donors (Lipinski definition) is 2. The molecular weight excluding hydrogens is 413 g/mol. The molecule has 0 radical (unpaired) electrons. The van der Waals surface area contributed by atoms with Crippen LogP contribution in [0.25, 0.3) is 11.3 Å². The molecule has 156 valence electrons. The Hall–Kier alpha value is -3.22. The van der Waals surface area contributed by atoms with Gasteiger partial charge in [-0.25, -0.2) is 9.37 Å². The molecule has 3 rings (SSSR count). The first-order valence-corrected chi connectivity index (χ1v) is 9.39. The van der Waals surface area contributed by atoms with Crippen LogP contribution in [0.5, 0.6) is 0 Å². The van der Waals surface area contributed by atoms with E-state index in [9.17, 15) is 14.3 Å². The Labute approximate surface area is 176 Å². The zero-order chi connectivity index (χ0) is 22.1. The van der Waals surface area contributed by atoms with Gasteiger partial charge in [0.25, 0.3) is 5.91 Å². The van der Waals surface area contributed by atoms with Crippen molar-refractivity contribution in [3.05, 3.63) is 58.6 Å². The van der Waals surface area contributed by atoms with Gasteiger partial charge in [-0.05, 0) is 39.0 Å². The first-order valence-electron chi connectivity index (χ1n) is 9.01. The molecule has 2 aromatic heterocycles. The smallest absolute Gasteiger partial charge is 0.273 e. The van der Waals surface area contributed by atoms with Gasteiger partial charge in [0, 0.05) is 18.3 Å². The zero-order valence-corrected chi connectivity index (χ0v) is 17.2. The van der Waals surface area contributed by atoms with Crippen molar-refractivity contribution in [1.29, 1.82) is 5.26 Å². The molecule has 3 aromatic rings. The number of nitrogens with one attached hydrogen (secondary N) is 1. The minimum absolute atomic E-state index is 0.0143. The van der Waals surface area contributed by atoms with Crippen molar-refractivity contribution in [2.24, 2.45) is 0 Å². The number of nitrogens with zero attached hydrogens (tertiary/aromatic N) is 4. The molecule has 0 saturated carbocycles. The van der Waals surface area contributed by atoms with E-state index < -0.39 is 17.3 Å². The third kappa shape index (κ3) is 4.50. The fraction of sp³-hybridized carbons (Fsp3) is 0.300. The van der Waals surface area contributed by atoms with Crippen LogP contribution < -0.4 is 5.32 Å². The fourth-order valence-electron chi connectivity index (χ4n) is 2.65. The Kier molecular flexibility index (Phi) is 5.92. The normalized spacial score (nSPS) is 12.4. The molecule has 0 saturated heterocycles. The molecule has 0 bridgehead atoms. The molecule has 30 heavy (non-hydrogen) atoms. The average molecular weight is 432 g/mol. The second-order valence-corrected chi connectivity index (χ2v) is 7.67. The summed E-state index contributed by atoms with van der Waals surface area (Å²) in [5.41, 5.74) is -0.525. The van der Waals surface area contributed by atoms with Crippen LogP contribution in [0, 0.1) is 17.1 Å². The molecule has 1 atom stereocenters. The first-order chi connectivity index (χ1) is 14.1. The fourth-order valence-corrected chi connectivity index (χ4v) is 2.90. The van der Waals surface area contributed by atoms with Gasteiger partial charge in [-0.3, -0.25) is 9.48 Å². The maximum Gasteiger partial charge on any atom is 0.273 e. The summed E-state index contributed by atoms with van der Waals surface area (Å²) in [6, 6.07) is 5.86. The number of carbonyl (C=O) groups is 1. The van der Waals surface area contributed by atoms with Crippen LogP contribution in [-0.4, -0.2) is 32.3 Å². The molecule has 1 amide bonds. The van der Waals surface area contributed by atoms with Crippen LogP contribution >= 0.6 is 11.6 Å². The maximum atomic E-state index is 14.0. The van der Waals surface area contributed by atoms with E-state index in [0.717, 1.165) is 0 Å². The number of hydrogen-bond acceptors (Lipinski definition) is 6. The number of aromatic nitrogens is 3. The summed E-state index contributed by atoms with van der Waals surface area (Å²) in [5, 5.41) is 25.9. The second-order valence-electron chi connectivity index (χ2n) is 7.26. The molecule has 2 heterocycles. The maximum absolute atomic E-state index is 14.0. The van der Waals surface area contributed by atoms with Gasteiger partial charge in [-0.15, -0.1) is 0 Å². The van der Waals surface area contributed by atoms with Gasteiger partial charge in [0.05, 0.1) is 16.8 Å². The van der Waals surface area contributed by atoms with Crippen molar-refractivity contribution < 1.29 is 18.7 Å². The monoisotopic (exact) mass is 431 g/mol. The predicted octanol–water partition coefficient (Wildman–Crippen LogP) is 3.42. The summed E-state index contributed by atoms with van der Waals surface area (Å²) in [5.74, 6) is -1.12. The van der Waals surface area contributed by atoms with E-state index in [1.807, 2.05) is 6.92 Å². The largest absolute Gasteiger partial charge is 0.445 e. The minimum atomic E-state index is -1.29. The number of oxazole rings is 1. The quantitative estimate of drug-likeness (QED) is 0.617. The SMILES string of the molecule is C[C@@H](CNC(=O)c1coc(C(C)(C)O)n1)n1ccc(-c2cc(F)c(C#N)c(Cl)c2)n1. The average Bonchev–Trinajstić information content (AvgIpc) is 3.35. The van der Waals surface area contributed by atoms with Gasteiger partial charge >= 0.3 is 0 Å². The number of amides is 1. The predicted molar refractivity (Wildman–Crippen MR) is 106 cm³/mol. The van der Waals surface area contributed by atoms with Crippen molar-refractivity contribution in [3.8, 4) is 17.3 Å². The van der Waals surface area contributed by atoms with E-state index >= 15 is 0 Å². The molecule has 0 fully saturated rings. The molecule has 2 N–H and O–H groups in total. The second kappa shape index (κ2) is 8.26. The number of rotatable bonds is 6. The molecule has 0 aliphatic rings. The van der Waals surface area contributed by atoms with E-state index in [1.165, 1.54) is 32.2 Å². The van der Waals surface area contributed by atoms with Gasteiger partial charge in [0.2, 0.25) is 5.89 Å². The third-order valence-electron chi connectivity index (χ3n) is 4.33. The van der Waals surface area contributed by atoms with Crippen molar-refractivity contribution in [1.82, 2.24) is 20.1 Å². The van der Waals surface area contributed by atoms with E-state index in [2.05, 4.69) is 15.4 Å². The standard InChI is InChI=1S/C20H19ClFN5O3/c1-11(9-24-18(28)17-10-30-19(25-17)20(2,3)29)27-5-4-16(26-27)12-6-14(21)13(8-23)15(22)7-12/h4-7,10-11,29H,9H2,1-3H3,(H,24,28)/t11-/m0/s1. The van der Waals surface area contributed by atoms with Crippen LogP contribution in [-0.2, 0) is 5.60 Å². The van der Waals surface area contributed by atoms with Crippen molar-refractivity contribution >= 4 is 17.5 Å². The molecule has 8 nitrogen and oxygen atoms in total. The lowest BCUT2D eigenvalue weighted by Gasteiger charge is -2.13. The summed E-state index contributed by atoms with van der Waals surface area (Å²) >= 11 is 5.95. The number of aliphatic hydroxyl groups is 1. The lowest BCUT2D eigenvalue weighted by Crippen LogP contribution is -2.30.